The zero-order chi connectivity index (χ0) is 11.2. The second kappa shape index (κ2) is 2.92. The predicted octanol–water partition coefficient (Wildman–Crippen LogP) is 2.45. The van der Waals surface area contributed by atoms with E-state index < -0.39 is 0 Å². The number of fused-ring (bicyclic) bond motifs is 1. The van der Waals surface area contributed by atoms with Crippen LogP contribution in [0.4, 0.5) is 0 Å². The summed E-state index contributed by atoms with van der Waals surface area (Å²) in [6, 6.07) is 7.62. The number of hydrogen-bond acceptors (Lipinski definition) is 2. The van der Waals surface area contributed by atoms with Crippen molar-refractivity contribution in [2.45, 2.75) is 26.3 Å². The number of hydrogen-bond donors (Lipinski definition) is 2. The summed E-state index contributed by atoms with van der Waals surface area (Å²) in [7, 11) is 0. The van der Waals surface area contributed by atoms with Gasteiger partial charge in [0.05, 0.1) is 0 Å². The number of nitrogens with zero attached hydrogens (tertiary/aromatic N) is 1. The topological polar surface area (TPSA) is 50.9 Å². The third kappa shape index (κ3) is 1.35. The van der Waals surface area contributed by atoms with Crippen LogP contribution in [0.25, 0.3) is 0 Å². The van der Waals surface area contributed by atoms with Gasteiger partial charge in [-0.1, -0.05) is 24.3 Å². The summed E-state index contributed by atoms with van der Waals surface area (Å²) in [5.74, 6) is 0.867. The van der Waals surface area contributed by atoms with E-state index in [1.165, 1.54) is 0 Å². The molecule has 0 radical (unpaired) electrons. The Hall–Kier alpha value is -1.64. The van der Waals surface area contributed by atoms with Crippen molar-refractivity contribution in [3.8, 4) is 0 Å². The van der Waals surface area contributed by atoms with Crippen molar-refractivity contribution in [1.29, 1.82) is 10.8 Å². The van der Waals surface area contributed by atoms with E-state index in [0.717, 1.165) is 11.1 Å². The predicted molar refractivity (Wildman–Crippen MR) is 61.7 cm³/mol. The number of nitrogens with one attached hydrogen (secondary N) is 2. The highest BCUT2D eigenvalue weighted by atomic mass is 15.3. The molecular weight excluding hydrogens is 186 g/mol. The fourth-order valence-corrected chi connectivity index (χ4v) is 1.92. The van der Waals surface area contributed by atoms with Gasteiger partial charge in [0.1, 0.15) is 11.7 Å². The molecule has 1 heterocycles. The summed E-state index contributed by atoms with van der Waals surface area (Å²) in [4.78, 5) is 1.76. The van der Waals surface area contributed by atoms with Crippen molar-refractivity contribution in [1.82, 2.24) is 4.90 Å². The van der Waals surface area contributed by atoms with E-state index in [2.05, 4.69) is 0 Å². The van der Waals surface area contributed by atoms with Gasteiger partial charge < -0.3 is 4.90 Å². The summed E-state index contributed by atoms with van der Waals surface area (Å²) >= 11 is 0. The van der Waals surface area contributed by atoms with Gasteiger partial charge in [0, 0.05) is 16.7 Å². The van der Waals surface area contributed by atoms with Gasteiger partial charge in [0.25, 0.3) is 0 Å². The Balaban J connectivity index is 2.55. The van der Waals surface area contributed by atoms with Crippen molar-refractivity contribution < 1.29 is 0 Å². The molecule has 0 bridgehead atoms. The van der Waals surface area contributed by atoms with Crippen molar-refractivity contribution in [3.05, 3.63) is 35.4 Å². The fraction of sp³-hybridized carbons (Fsp3) is 0.333. The average Bonchev–Trinajstić information content (AvgIpc) is 2.39. The monoisotopic (exact) mass is 201 g/mol. The SMILES string of the molecule is CC(C)(C)N1C(=N)c2ccccc2C1=N. The highest BCUT2D eigenvalue weighted by Gasteiger charge is 2.36. The molecule has 15 heavy (non-hydrogen) atoms. The maximum Gasteiger partial charge on any atom is 0.134 e. The highest BCUT2D eigenvalue weighted by molar-refractivity contribution is 6.23. The molecule has 1 aliphatic rings. The van der Waals surface area contributed by atoms with Crippen LogP contribution in [-0.4, -0.2) is 22.1 Å². The molecule has 0 unspecified atom stereocenters. The van der Waals surface area contributed by atoms with Crippen LogP contribution in [0.1, 0.15) is 31.9 Å². The van der Waals surface area contributed by atoms with Crippen LogP contribution in [0.5, 0.6) is 0 Å². The van der Waals surface area contributed by atoms with Crippen molar-refractivity contribution in [3.63, 3.8) is 0 Å². The minimum absolute atomic E-state index is 0.215. The van der Waals surface area contributed by atoms with Crippen LogP contribution in [0.15, 0.2) is 24.3 Å². The van der Waals surface area contributed by atoms with Crippen LogP contribution < -0.4 is 0 Å². The molecule has 0 saturated heterocycles. The molecule has 0 saturated carbocycles. The minimum atomic E-state index is -0.215. The first-order valence-electron chi connectivity index (χ1n) is 5.00. The summed E-state index contributed by atoms with van der Waals surface area (Å²) in [6.45, 7) is 6.05. The van der Waals surface area contributed by atoms with E-state index in [0.29, 0.717) is 11.7 Å². The Bertz CT molecular complexity index is 405. The van der Waals surface area contributed by atoms with Gasteiger partial charge in [-0.3, -0.25) is 10.8 Å². The summed E-state index contributed by atoms with van der Waals surface area (Å²) < 4.78 is 0. The Morgan fingerprint density at radius 3 is 1.67 bits per heavy atom. The summed E-state index contributed by atoms with van der Waals surface area (Å²) in [5, 5.41) is 16.1. The number of benzene rings is 1. The molecular formula is C12H15N3. The molecule has 1 aliphatic heterocycles. The maximum atomic E-state index is 8.06. The standard InChI is InChI=1S/C12H15N3/c1-12(2,3)15-10(13)8-6-4-5-7-9(8)11(15)14/h4-7,13-14H,1-3H3. The third-order valence-corrected chi connectivity index (χ3v) is 2.56. The molecule has 0 atom stereocenters. The molecule has 2 N–H and O–H groups in total. The Labute approximate surface area is 89.7 Å². The summed E-state index contributed by atoms with van der Waals surface area (Å²) in [5.41, 5.74) is 1.50. The van der Waals surface area contributed by atoms with Crippen molar-refractivity contribution in [2.24, 2.45) is 0 Å². The second-order valence-corrected chi connectivity index (χ2v) is 4.75. The minimum Gasteiger partial charge on any atom is -0.306 e. The second-order valence-electron chi connectivity index (χ2n) is 4.75. The smallest absolute Gasteiger partial charge is 0.134 e. The van der Waals surface area contributed by atoms with E-state index in [1.807, 2.05) is 45.0 Å². The zero-order valence-electron chi connectivity index (χ0n) is 9.26. The van der Waals surface area contributed by atoms with Crippen LogP contribution >= 0.6 is 0 Å². The first kappa shape index (κ1) is 9.90. The molecule has 78 valence electrons. The van der Waals surface area contributed by atoms with Crippen LogP contribution in [0.2, 0.25) is 0 Å². The van der Waals surface area contributed by atoms with Gasteiger partial charge in [-0.15, -0.1) is 0 Å². The average molecular weight is 201 g/mol. The van der Waals surface area contributed by atoms with E-state index in [-0.39, 0.29) is 5.54 Å². The Kier molecular flexibility index (Phi) is 1.93. The highest BCUT2D eigenvalue weighted by Crippen LogP contribution is 2.28. The molecule has 0 amide bonds. The molecule has 3 nitrogen and oxygen atoms in total. The van der Waals surface area contributed by atoms with Crippen LogP contribution in [0.3, 0.4) is 0 Å². The van der Waals surface area contributed by atoms with Crippen molar-refractivity contribution >= 4 is 11.7 Å². The van der Waals surface area contributed by atoms with Gasteiger partial charge in [-0.05, 0) is 20.8 Å². The lowest BCUT2D eigenvalue weighted by atomic mass is 10.1. The lowest BCUT2D eigenvalue weighted by Crippen LogP contribution is -2.45. The molecule has 0 aromatic heterocycles. The number of rotatable bonds is 0. The number of amidine groups is 2. The molecule has 3 heteroatoms. The van der Waals surface area contributed by atoms with Crippen molar-refractivity contribution in [2.75, 3.05) is 0 Å². The van der Waals surface area contributed by atoms with Gasteiger partial charge in [0.15, 0.2) is 0 Å². The Morgan fingerprint density at radius 2 is 1.33 bits per heavy atom. The van der Waals surface area contributed by atoms with Gasteiger partial charge >= 0.3 is 0 Å². The Morgan fingerprint density at radius 1 is 0.933 bits per heavy atom. The first-order valence-corrected chi connectivity index (χ1v) is 5.00. The van der Waals surface area contributed by atoms with E-state index >= 15 is 0 Å². The summed E-state index contributed by atoms with van der Waals surface area (Å²) in [6.07, 6.45) is 0. The van der Waals surface area contributed by atoms with E-state index in [9.17, 15) is 0 Å². The van der Waals surface area contributed by atoms with Crippen LogP contribution in [0, 0.1) is 10.8 Å². The maximum absolute atomic E-state index is 8.06. The van der Waals surface area contributed by atoms with E-state index in [1.54, 1.807) is 4.90 Å². The molecule has 1 aromatic carbocycles. The molecule has 0 aliphatic carbocycles. The normalized spacial score (nSPS) is 15.8. The molecule has 0 fully saturated rings. The largest absolute Gasteiger partial charge is 0.306 e. The van der Waals surface area contributed by atoms with E-state index in [4.69, 9.17) is 10.8 Å². The lowest BCUT2D eigenvalue weighted by Gasteiger charge is -2.33. The lowest BCUT2D eigenvalue weighted by molar-refractivity contribution is 0.345. The van der Waals surface area contributed by atoms with Gasteiger partial charge in [-0.25, -0.2) is 0 Å². The van der Waals surface area contributed by atoms with Gasteiger partial charge in [-0.2, -0.15) is 0 Å². The zero-order valence-corrected chi connectivity index (χ0v) is 9.26. The van der Waals surface area contributed by atoms with Gasteiger partial charge in [0.2, 0.25) is 0 Å². The molecule has 2 rings (SSSR count). The fourth-order valence-electron chi connectivity index (χ4n) is 1.92. The first-order chi connectivity index (χ1) is 6.93. The third-order valence-electron chi connectivity index (χ3n) is 2.56. The van der Waals surface area contributed by atoms with Crippen LogP contribution in [-0.2, 0) is 0 Å². The molecule has 1 aromatic rings. The quantitative estimate of drug-likeness (QED) is 0.665. The molecule has 0 spiro atoms.